The Kier molecular flexibility index (Phi) is 7.41. The zero-order chi connectivity index (χ0) is 27.7. The SMILES string of the molecule is C=c1[nH]c(=O)/c(=C(/C)c2ccc(OCCOc3c(-c4ccc(F)cc4)n(C)c4cc(Cl)ccc4c3=O)cc2)s1. The standard InChI is InChI=1S/C30H24ClFN2O4S/c1-17(29-30(36)33-18(2)39-29)19-6-11-23(12-7-19)37-14-15-38-28-26(20-4-9-22(32)10-5-20)34(3)25-16-21(31)8-13-24(25)27(28)35/h4-13,16H,2,14-15H2,1,3H3,(H,33,36)/b29-17+. The van der Waals surface area contributed by atoms with Crippen LogP contribution in [0.15, 0.2) is 76.3 Å². The predicted octanol–water partition coefficient (Wildman–Crippen LogP) is 4.83. The Morgan fingerprint density at radius 3 is 2.38 bits per heavy atom. The fourth-order valence-corrected chi connectivity index (χ4v) is 5.38. The highest BCUT2D eigenvalue weighted by Gasteiger charge is 2.19. The highest BCUT2D eigenvalue weighted by atomic mass is 35.5. The first kappa shape index (κ1) is 26.5. The van der Waals surface area contributed by atoms with E-state index >= 15 is 0 Å². The molecule has 0 unspecified atom stereocenters. The molecule has 2 heterocycles. The van der Waals surface area contributed by atoms with E-state index in [1.807, 2.05) is 42.8 Å². The number of nitrogens with one attached hydrogen (secondary N) is 1. The molecule has 0 spiro atoms. The summed E-state index contributed by atoms with van der Waals surface area (Å²) in [6, 6.07) is 18.3. The van der Waals surface area contributed by atoms with Crippen LogP contribution < -0.4 is 29.7 Å². The highest BCUT2D eigenvalue weighted by molar-refractivity contribution is 7.07. The van der Waals surface area contributed by atoms with Gasteiger partial charge < -0.3 is 19.0 Å². The maximum atomic E-state index is 13.6. The summed E-state index contributed by atoms with van der Waals surface area (Å²) >= 11 is 7.52. The van der Waals surface area contributed by atoms with Gasteiger partial charge in [0.2, 0.25) is 5.43 Å². The van der Waals surface area contributed by atoms with Crippen molar-refractivity contribution in [2.45, 2.75) is 6.92 Å². The molecule has 0 atom stereocenters. The average Bonchev–Trinajstić information content (AvgIpc) is 3.27. The molecule has 1 N–H and O–H groups in total. The molecule has 0 aliphatic rings. The minimum Gasteiger partial charge on any atom is -0.490 e. The fraction of sp³-hybridized carbons (Fsp3) is 0.133. The summed E-state index contributed by atoms with van der Waals surface area (Å²) in [4.78, 5) is 28.2. The minimum atomic E-state index is -0.378. The lowest BCUT2D eigenvalue weighted by atomic mass is 10.1. The third-order valence-corrected chi connectivity index (χ3v) is 7.63. The summed E-state index contributed by atoms with van der Waals surface area (Å²) in [7, 11) is 1.81. The molecule has 0 aliphatic carbocycles. The summed E-state index contributed by atoms with van der Waals surface area (Å²) in [6.45, 7) is 5.96. The van der Waals surface area contributed by atoms with Crippen molar-refractivity contribution in [3.8, 4) is 22.8 Å². The second-order valence-corrected chi connectivity index (χ2v) is 10.4. The molecule has 0 fully saturated rings. The van der Waals surface area contributed by atoms with Gasteiger partial charge in [0.15, 0.2) is 5.75 Å². The van der Waals surface area contributed by atoms with Gasteiger partial charge in [0.25, 0.3) is 5.56 Å². The highest BCUT2D eigenvalue weighted by Crippen LogP contribution is 2.31. The molecular formula is C30H24ClFN2O4S. The van der Waals surface area contributed by atoms with Gasteiger partial charge in [-0.2, -0.15) is 0 Å². The van der Waals surface area contributed by atoms with Gasteiger partial charge in [-0.15, -0.1) is 11.3 Å². The lowest BCUT2D eigenvalue weighted by molar-refractivity contribution is 0.216. The van der Waals surface area contributed by atoms with Gasteiger partial charge in [-0.25, -0.2) is 4.39 Å². The van der Waals surface area contributed by atoms with Gasteiger partial charge in [-0.3, -0.25) is 9.59 Å². The zero-order valence-corrected chi connectivity index (χ0v) is 22.8. The molecule has 9 heteroatoms. The van der Waals surface area contributed by atoms with Crippen molar-refractivity contribution in [3.63, 3.8) is 0 Å². The predicted molar refractivity (Wildman–Crippen MR) is 155 cm³/mol. The van der Waals surface area contributed by atoms with Gasteiger partial charge in [-0.1, -0.05) is 30.3 Å². The Morgan fingerprint density at radius 1 is 1.03 bits per heavy atom. The van der Waals surface area contributed by atoms with E-state index in [1.54, 1.807) is 30.3 Å². The van der Waals surface area contributed by atoms with Gasteiger partial charge in [0.1, 0.15) is 24.8 Å². The second-order valence-electron chi connectivity index (χ2n) is 8.89. The summed E-state index contributed by atoms with van der Waals surface area (Å²) in [5.74, 6) is 0.388. The van der Waals surface area contributed by atoms with E-state index in [0.29, 0.717) is 42.1 Å². The molecule has 0 bridgehead atoms. The number of benzene rings is 3. The Labute approximate surface area is 231 Å². The quantitative estimate of drug-likeness (QED) is 0.288. The van der Waals surface area contributed by atoms with E-state index in [4.69, 9.17) is 21.1 Å². The first-order valence-electron chi connectivity index (χ1n) is 12.1. The van der Waals surface area contributed by atoms with Crippen molar-refractivity contribution in [2.75, 3.05) is 13.2 Å². The molecule has 0 amide bonds. The van der Waals surface area contributed by atoms with Crippen LogP contribution >= 0.6 is 22.9 Å². The first-order valence-corrected chi connectivity index (χ1v) is 13.3. The van der Waals surface area contributed by atoms with E-state index < -0.39 is 0 Å². The number of ether oxygens (including phenoxy) is 2. The fourth-order valence-electron chi connectivity index (χ4n) is 4.40. The van der Waals surface area contributed by atoms with Crippen LogP contribution in [0, 0.1) is 5.82 Å². The monoisotopic (exact) mass is 562 g/mol. The molecule has 2 aromatic heterocycles. The van der Waals surface area contributed by atoms with Crippen LogP contribution in [0.1, 0.15) is 12.5 Å². The summed E-state index contributed by atoms with van der Waals surface area (Å²) in [6.07, 6.45) is 0. The molecule has 3 aromatic carbocycles. The van der Waals surface area contributed by atoms with Crippen LogP contribution in [0.25, 0.3) is 34.3 Å². The molecule has 5 aromatic rings. The zero-order valence-electron chi connectivity index (χ0n) is 21.2. The topological polar surface area (TPSA) is 73.3 Å². The number of thiazole rings is 1. The van der Waals surface area contributed by atoms with Crippen molar-refractivity contribution in [1.82, 2.24) is 9.55 Å². The molecule has 0 saturated carbocycles. The number of H-pyrrole nitrogens is 1. The van der Waals surface area contributed by atoms with Gasteiger partial charge >= 0.3 is 0 Å². The van der Waals surface area contributed by atoms with Gasteiger partial charge in [-0.05, 0) is 72.7 Å². The summed E-state index contributed by atoms with van der Waals surface area (Å²) in [5, 5.41) is 0.958. The number of hydrogen-bond acceptors (Lipinski definition) is 5. The normalized spacial score (nSPS) is 12.0. The number of rotatable bonds is 7. The van der Waals surface area contributed by atoms with Crippen LogP contribution in [0.5, 0.6) is 11.5 Å². The lowest BCUT2D eigenvalue weighted by Crippen LogP contribution is -2.22. The molecule has 198 valence electrons. The van der Waals surface area contributed by atoms with Crippen LogP contribution in [0.2, 0.25) is 5.02 Å². The second kappa shape index (κ2) is 10.9. The Bertz CT molecular complexity index is 1910. The maximum Gasteiger partial charge on any atom is 0.266 e. The molecule has 0 saturated heterocycles. The molecule has 6 nitrogen and oxygen atoms in total. The molecular weight excluding hydrogens is 539 g/mol. The number of aromatic amines is 1. The van der Waals surface area contributed by atoms with Crippen LogP contribution in [0.4, 0.5) is 4.39 Å². The minimum absolute atomic E-state index is 0.103. The first-order chi connectivity index (χ1) is 18.7. The van der Waals surface area contributed by atoms with Crippen LogP contribution in [0.3, 0.4) is 0 Å². The van der Waals surface area contributed by atoms with Crippen LogP contribution in [-0.2, 0) is 7.05 Å². The largest absolute Gasteiger partial charge is 0.490 e. The number of aryl methyl sites for hydroxylation is 1. The molecule has 39 heavy (non-hydrogen) atoms. The van der Waals surface area contributed by atoms with E-state index in [9.17, 15) is 14.0 Å². The Morgan fingerprint density at radius 2 is 1.72 bits per heavy atom. The van der Waals surface area contributed by atoms with Crippen molar-refractivity contribution in [1.29, 1.82) is 0 Å². The molecule has 0 aliphatic heterocycles. The number of nitrogens with zero attached hydrogens (tertiary/aromatic N) is 1. The van der Waals surface area contributed by atoms with Crippen LogP contribution in [-0.4, -0.2) is 22.8 Å². The Balaban J connectivity index is 1.37. The summed E-state index contributed by atoms with van der Waals surface area (Å²) in [5.41, 5.74) is 3.10. The number of aromatic nitrogens is 2. The Hall–Kier alpha value is -4.14. The number of halogens is 2. The van der Waals surface area contributed by atoms with Crippen molar-refractivity contribution >= 4 is 46.0 Å². The molecule has 5 rings (SSSR count). The number of fused-ring (bicyclic) bond motifs is 1. The average molecular weight is 563 g/mol. The third-order valence-electron chi connectivity index (χ3n) is 6.35. The van der Waals surface area contributed by atoms with Crippen molar-refractivity contribution in [3.05, 3.63) is 113 Å². The van der Waals surface area contributed by atoms with E-state index in [-0.39, 0.29) is 35.8 Å². The van der Waals surface area contributed by atoms with E-state index in [0.717, 1.165) is 11.1 Å². The van der Waals surface area contributed by atoms with Gasteiger partial charge in [0, 0.05) is 23.0 Å². The lowest BCUT2D eigenvalue weighted by Gasteiger charge is -2.18. The summed E-state index contributed by atoms with van der Waals surface area (Å²) < 4.78 is 28.5. The molecule has 0 radical (unpaired) electrons. The van der Waals surface area contributed by atoms with Crippen molar-refractivity contribution < 1.29 is 13.9 Å². The maximum absolute atomic E-state index is 13.6. The van der Waals surface area contributed by atoms with Gasteiger partial charge in [0.05, 0.1) is 20.4 Å². The van der Waals surface area contributed by atoms with Crippen molar-refractivity contribution in [2.24, 2.45) is 7.05 Å². The smallest absolute Gasteiger partial charge is 0.266 e. The van der Waals surface area contributed by atoms with E-state index in [2.05, 4.69) is 11.6 Å². The number of pyridine rings is 1. The third kappa shape index (κ3) is 5.39. The van der Waals surface area contributed by atoms with E-state index in [1.165, 1.54) is 23.5 Å². The number of hydrogen-bond donors (Lipinski definition) is 1.